The van der Waals surface area contributed by atoms with E-state index in [9.17, 15) is 24.8 Å². The number of nitrogens with zero attached hydrogens (tertiary/aromatic N) is 1. The van der Waals surface area contributed by atoms with E-state index in [1.807, 2.05) is 6.07 Å². The predicted molar refractivity (Wildman–Crippen MR) is 124 cm³/mol. The molecule has 0 radical (unpaired) electrons. The molecule has 1 saturated carbocycles. The SMILES string of the molecule is CC(=O)[C@@]1(C(=O)OCc2ccccc2)C[C@](O)(c2ccccc2)[C@@H]([N+](=O)[O-])[C@@H]1c1ccccc1. The molecule has 0 aliphatic heterocycles. The van der Waals surface area contributed by atoms with Crippen molar-refractivity contribution in [1.29, 1.82) is 0 Å². The third-order valence-electron chi connectivity index (χ3n) is 6.75. The number of rotatable bonds is 7. The first-order chi connectivity index (χ1) is 16.3. The van der Waals surface area contributed by atoms with Crippen molar-refractivity contribution in [2.45, 2.75) is 37.5 Å². The molecular weight excluding hydrogens is 434 g/mol. The van der Waals surface area contributed by atoms with Crippen molar-refractivity contribution in [2.24, 2.45) is 5.41 Å². The molecule has 1 N–H and O–H groups in total. The maximum atomic E-state index is 13.7. The van der Waals surface area contributed by atoms with Gasteiger partial charge in [0.2, 0.25) is 0 Å². The minimum atomic E-state index is -2.07. The largest absolute Gasteiger partial charge is 0.460 e. The van der Waals surface area contributed by atoms with Gasteiger partial charge in [0.15, 0.2) is 5.60 Å². The summed E-state index contributed by atoms with van der Waals surface area (Å²) < 4.78 is 5.59. The van der Waals surface area contributed by atoms with E-state index in [0.717, 1.165) is 0 Å². The second-order valence-corrected chi connectivity index (χ2v) is 8.67. The van der Waals surface area contributed by atoms with Gasteiger partial charge in [0.25, 0.3) is 6.04 Å². The highest BCUT2D eigenvalue weighted by Gasteiger charge is 2.73. The second-order valence-electron chi connectivity index (χ2n) is 8.67. The molecule has 1 aliphatic rings. The van der Waals surface area contributed by atoms with Gasteiger partial charge in [-0.25, -0.2) is 0 Å². The maximum absolute atomic E-state index is 13.7. The topological polar surface area (TPSA) is 107 Å². The summed E-state index contributed by atoms with van der Waals surface area (Å²) in [5.41, 5.74) is -2.60. The Morgan fingerprint density at radius 1 is 0.971 bits per heavy atom. The molecule has 4 atom stereocenters. The van der Waals surface area contributed by atoms with Gasteiger partial charge in [-0.15, -0.1) is 0 Å². The average molecular weight is 459 g/mol. The van der Waals surface area contributed by atoms with Crippen molar-refractivity contribution < 1.29 is 24.4 Å². The standard InChI is InChI=1S/C27H25NO6/c1-19(29)26(25(30)34-17-20-11-5-2-6-12-20)18-27(31,22-15-9-4-10-16-22)24(28(32)33)23(26)21-13-7-3-8-14-21/h2-16,23-24,31H,17-18H2,1H3/t23-,24-,26-,27-/m0/s1. The van der Waals surface area contributed by atoms with Crippen molar-refractivity contribution in [2.75, 3.05) is 0 Å². The van der Waals surface area contributed by atoms with Gasteiger partial charge in [0.05, 0.1) is 5.92 Å². The smallest absolute Gasteiger partial charge is 0.321 e. The molecule has 7 heteroatoms. The average Bonchev–Trinajstić information content (AvgIpc) is 3.16. The van der Waals surface area contributed by atoms with Gasteiger partial charge in [-0.3, -0.25) is 19.7 Å². The Morgan fingerprint density at radius 2 is 1.50 bits per heavy atom. The van der Waals surface area contributed by atoms with Crippen LogP contribution in [0.3, 0.4) is 0 Å². The predicted octanol–water partition coefficient (Wildman–Crippen LogP) is 4.03. The summed E-state index contributed by atoms with van der Waals surface area (Å²) in [6.07, 6.45) is -0.460. The van der Waals surface area contributed by atoms with Gasteiger partial charge in [-0.1, -0.05) is 91.0 Å². The normalized spacial score (nSPS) is 26.1. The summed E-state index contributed by atoms with van der Waals surface area (Å²) in [5.74, 6) is -2.69. The Bertz CT molecular complexity index is 1180. The van der Waals surface area contributed by atoms with Crippen molar-refractivity contribution in [3.8, 4) is 0 Å². The number of hydrogen-bond donors (Lipinski definition) is 1. The zero-order valence-electron chi connectivity index (χ0n) is 18.7. The van der Waals surface area contributed by atoms with E-state index in [1.54, 1.807) is 84.9 Å². The molecule has 3 aromatic rings. The van der Waals surface area contributed by atoms with Crippen LogP contribution in [0.5, 0.6) is 0 Å². The highest BCUT2D eigenvalue weighted by molar-refractivity contribution is 6.04. The van der Waals surface area contributed by atoms with E-state index in [1.165, 1.54) is 6.92 Å². The molecule has 7 nitrogen and oxygen atoms in total. The third-order valence-corrected chi connectivity index (χ3v) is 6.75. The molecule has 1 fully saturated rings. The lowest BCUT2D eigenvalue weighted by atomic mass is 9.70. The molecule has 0 heterocycles. The lowest BCUT2D eigenvalue weighted by Crippen LogP contribution is -2.45. The van der Waals surface area contributed by atoms with E-state index in [-0.39, 0.29) is 12.2 Å². The number of carbonyl (C=O) groups excluding carboxylic acids is 2. The fraction of sp³-hybridized carbons (Fsp3) is 0.259. The van der Waals surface area contributed by atoms with Crippen LogP contribution in [0.1, 0.15) is 36.0 Å². The van der Waals surface area contributed by atoms with Crippen molar-refractivity contribution in [3.63, 3.8) is 0 Å². The number of benzene rings is 3. The van der Waals surface area contributed by atoms with Crippen LogP contribution >= 0.6 is 0 Å². The number of ketones is 1. The molecule has 0 saturated heterocycles. The lowest BCUT2D eigenvalue weighted by Gasteiger charge is -2.30. The van der Waals surface area contributed by atoms with Crippen molar-refractivity contribution in [3.05, 3.63) is 118 Å². The van der Waals surface area contributed by atoms with Crippen LogP contribution in [0.25, 0.3) is 0 Å². The molecule has 0 spiro atoms. The van der Waals surface area contributed by atoms with E-state index < -0.39 is 46.1 Å². The fourth-order valence-corrected chi connectivity index (χ4v) is 5.15. The molecule has 174 valence electrons. The molecule has 0 aromatic heterocycles. The summed E-state index contributed by atoms with van der Waals surface area (Å²) in [5, 5.41) is 24.3. The van der Waals surface area contributed by atoms with Crippen LogP contribution in [-0.4, -0.2) is 27.8 Å². The number of nitro groups is 1. The van der Waals surface area contributed by atoms with Crippen LogP contribution in [0.2, 0.25) is 0 Å². The number of esters is 1. The van der Waals surface area contributed by atoms with Gasteiger partial charge in [0, 0.05) is 11.3 Å². The Balaban J connectivity index is 1.87. The summed E-state index contributed by atoms with van der Waals surface area (Å²) in [7, 11) is 0. The Kier molecular flexibility index (Phi) is 6.30. The van der Waals surface area contributed by atoms with Gasteiger partial charge in [-0.05, 0) is 23.6 Å². The van der Waals surface area contributed by atoms with E-state index in [4.69, 9.17) is 4.74 Å². The fourth-order valence-electron chi connectivity index (χ4n) is 5.15. The van der Waals surface area contributed by atoms with E-state index >= 15 is 0 Å². The maximum Gasteiger partial charge on any atom is 0.321 e. The van der Waals surface area contributed by atoms with E-state index in [0.29, 0.717) is 11.1 Å². The molecule has 0 unspecified atom stereocenters. The van der Waals surface area contributed by atoms with Crippen molar-refractivity contribution >= 4 is 11.8 Å². The summed E-state index contributed by atoms with van der Waals surface area (Å²) in [4.78, 5) is 38.8. The second kappa shape index (κ2) is 9.19. The molecule has 0 bridgehead atoms. The quantitative estimate of drug-likeness (QED) is 0.247. The summed E-state index contributed by atoms with van der Waals surface area (Å²) in [6.45, 7) is 1.14. The molecule has 0 amide bonds. The lowest BCUT2D eigenvalue weighted by molar-refractivity contribution is -0.547. The number of carbonyl (C=O) groups is 2. The van der Waals surface area contributed by atoms with Gasteiger partial charge in [-0.2, -0.15) is 0 Å². The Morgan fingerprint density at radius 3 is 2.03 bits per heavy atom. The van der Waals surface area contributed by atoms with Crippen molar-refractivity contribution in [1.82, 2.24) is 0 Å². The first-order valence-corrected chi connectivity index (χ1v) is 11.0. The van der Waals surface area contributed by atoms with E-state index in [2.05, 4.69) is 0 Å². The summed E-state index contributed by atoms with van der Waals surface area (Å²) >= 11 is 0. The first kappa shape index (κ1) is 23.3. The zero-order chi connectivity index (χ0) is 24.3. The number of ether oxygens (including phenoxy) is 1. The summed E-state index contributed by atoms with van der Waals surface area (Å²) in [6, 6.07) is 23.9. The van der Waals surface area contributed by atoms with Gasteiger partial charge in [0.1, 0.15) is 17.8 Å². The minimum absolute atomic E-state index is 0.0941. The molecule has 34 heavy (non-hydrogen) atoms. The minimum Gasteiger partial charge on any atom is -0.460 e. The van der Waals surface area contributed by atoms with Crippen LogP contribution in [0.15, 0.2) is 91.0 Å². The molecule has 4 rings (SSSR count). The molecular formula is C27H25NO6. The molecule has 3 aromatic carbocycles. The number of hydrogen-bond acceptors (Lipinski definition) is 6. The van der Waals surface area contributed by atoms with Gasteiger partial charge < -0.3 is 9.84 Å². The van der Waals surface area contributed by atoms with Crippen LogP contribution in [-0.2, 0) is 26.5 Å². The van der Waals surface area contributed by atoms with Crippen LogP contribution < -0.4 is 0 Å². The van der Waals surface area contributed by atoms with Crippen LogP contribution in [0, 0.1) is 15.5 Å². The number of Topliss-reactive ketones (excluding diaryl/α,β-unsaturated/α-hetero) is 1. The Labute approximate surface area is 197 Å². The highest BCUT2D eigenvalue weighted by atomic mass is 16.6. The number of aliphatic hydroxyl groups is 1. The zero-order valence-corrected chi connectivity index (χ0v) is 18.7. The monoisotopic (exact) mass is 459 g/mol. The van der Waals surface area contributed by atoms with Crippen LogP contribution in [0.4, 0.5) is 0 Å². The highest BCUT2D eigenvalue weighted by Crippen LogP contribution is 2.59. The Hall–Kier alpha value is -3.84. The molecule has 1 aliphatic carbocycles. The third kappa shape index (κ3) is 3.88. The van der Waals surface area contributed by atoms with Gasteiger partial charge >= 0.3 is 5.97 Å². The first-order valence-electron chi connectivity index (χ1n) is 11.0.